The van der Waals surface area contributed by atoms with Gasteiger partial charge >= 0.3 is 0 Å². The van der Waals surface area contributed by atoms with E-state index < -0.39 is 0 Å². The number of phenolic OH excluding ortho intramolecular Hbond substituents is 1. The van der Waals surface area contributed by atoms with Gasteiger partial charge in [-0.15, -0.1) is 29.1 Å². The topological polar surface area (TPSA) is 57.8 Å². The standard InChI is InChI=1S/C20H15N3OS2/c1-12-6-11-16-19(18(12)25)26-20(21-16)13-7-9-14(10-8-13)22-23-15-4-2-3-5-17(15)24/h2-11,24-25H,1H3. The van der Waals surface area contributed by atoms with Crippen LogP contribution in [-0.2, 0) is 0 Å². The van der Waals surface area contributed by atoms with Crippen LogP contribution >= 0.6 is 24.0 Å². The Balaban J connectivity index is 1.62. The number of aromatic nitrogens is 1. The highest BCUT2D eigenvalue weighted by molar-refractivity contribution is 7.80. The largest absolute Gasteiger partial charge is 0.506 e. The fourth-order valence-corrected chi connectivity index (χ4v) is 3.92. The summed E-state index contributed by atoms with van der Waals surface area (Å²) in [7, 11) is 0. The fourth-order valence-electron chi connectivity index (χ4n) is 2.53. The zero-order valence-corrected chi connectivity index (χ0v) is 15.6. The Morgan fingerprint density at radius 2 is 1.73 bits per heavy atom. The van der Waals surface area contributed by atoms with Crippen LogP contribution in [-0.4, -0.2) is 10.1 Å². The number of aryl methyl sites for hydroxylation is 1. The van der Waals surface area contributed by atoms with Gasteiger partial charge in [0.05, 0.1) is 15.9 Å². The van der Waals surface area contributed by atoms with Crippen molar-refractivity contribution in [2.24, 2.45) is 10.2 Å². The summed E-state index contributed by atoms with van der Waals surface area (Å²) in [5.41, 5.74) is 4.29. The van der Waals surface area contributed by atoms with Gasteiger partial charge in [0, 0.05) is 10.5 Å². The molecule has 0 aliphatic heterocycles. The van der Waals surface area contributed by atoms with Crippen LogP contribution in [0.3, 0.4) is 0 Å². The predicted octanol–water partition coefficient (Wildman–Crippen LogP) is 6.68. The van der Waals surface area contributed by atoms with Crippen molar-refractivity contribution in [2.75, 3.05) is 0 Å². The Labute approximate surface area is 160 Å². The van der Waals surface area contributed by atoms with Crippen molar-refractivity contribution in [3.8, 4) is 16.3 Å². The second-order valence-corrected chi connectivity index (χ2v) is 7.28. The first-order valence-electron chi connectivity index (χ1n) is 8.01. The third kappa shape index (κ3) is 3.21. The second kappa shape index (κ2) is 6.90. The van der Waals surface area contributed by atoms with Gasteiger partial charge in [-0.25, -0.2) is 4.98 Å². The molecule has 0 spiro atoms. The molecular weight excluding hydrogens is 362 g/mol. The van der Waals surface area contributed by atoms with Crippen LogP contribution in [0.5, 0.6) is 5.75 Å². The molecule has 128 valence electrons. The predicted molar refractivity (Wildman–Crippen MR) is 109 cm³/mol. The molecule has 1 aromatic heterocycles. The van der Waals surface area contributed by atoms with Crippen molar-refractivity contribution in [3.05, 3.63) is 66.2 Å². The fraction of sp³-hybridized carbons (Fsp3) is 0.0500. The SMILES string of the molecule is Cc1ccc2nc(-c3ccc(N=Nc4ccccc4O)cc3)sc2c1S. The average molecular weight is 377 g/mol. The van der Waals surface area contributed by atoms with Crippen molar-refractivity contribution >= 4 is 45.6 Å². The zero-order valence-electron chi connectivity index (χ0n) is 13.9. The molecule has 0 aliphatic carbocycles. The molecule has 0 atom stereocenters. The Kier molecular flexibility index (Phi) is 4.44. The Bertz CT molecular complexity index is 1120. The number of thiol groups is 1. The first-order chi connectivity index (χ1) is 12.6. The van der Waals surface area contributed by atoms with E-state index in [0.29, 0.717) is 11.4 Å². The van der Waals surface area contributed by atoms with E-state index in [0.717, 1.165) is 31.2 Å². The number of phenols is 1. The van der Waals surface area contributed by atoms with Crippen molar-refractivity contribution in [2.45, 2.75) is 11.8 Å². The minimum atomic E-state index is 0.111. The van der Waals surface area contributed by atoms with E-state index in [1.807, 2.05) is 49.4 Å². The molecule has 1 heterocycles. The third-order valence-electron chi connectivity index (χ3n) is 4.00. The molecular formula is C20H15N3OS2. The van der Waals surface area contributed by atoms with Gasteiger partial charge in [-0.2, -0.15) is 5.11 Å². The van der Waals surface area contributed by atoms with Crippen LogP contribution in [0.4, 0.5) is 11.4 Å². The van der Waals surface area contributed by atoms with E-state index in [-0.39, 0.29) is 5.75 Å². The molecule has 0 radical (unpaired) electrons. The Morgan fingerprint density at radius 1 is 0.962 bits per heavy atom. The van der Waals surface area contributed by atoms with Gasteiger partial charge in [-0.1, -0.05) is 18.2 Å². The summed E-state index contributed by atoms with van der Waals surface area (Å²) in [6, 6.07) is 18.6. The second-order valence-electron chi connectivity index (χ2n) is 5.83. The highest BCUT2D eigenvalue weighted by Gasteiger charge is 2.10. The molecule has 26 heavy (non-hydrogen) atoms. The smallest absolute Gasteiger partial charge is 0.143 e. The Hall–Kier alpha value is -2.70. The molecule has 0 bridgehead atoms. The number of hydrogen-bond acceptors (Lipinski definition) is 6. The molecule has 6 heteroatoms. The third-order valence-corrected chi connectivity index (χ3v) is 5.87. The van der Waals surface area contributed by atoms with E-state index in [1.165, 1.54) is 0 Å². The summed E-state index contributed by atoms with van der Waals surface area (Å²) in [4.78, 5) is 5.69. The van der Waals surface area contributed by atoms with Crippen molar-refractivity contribution in [3.63, 3.8) is 0 Å². The minimum absolute atomic E-state index is 0.111. The molecule has 0 saturated heterocycles. The summed E-state index contributed by atoms with van der Waals surface area (Å²) in [5, 5.41) is 18.9. The molecule has 0 aliphatic rings. The number of azo groups is 1. The van der Waals surface area contributed by atoms with Crippen LogP contribution in [0.15, 0.2) is 75.8 Å². The molecule has 4 aromatic rings. The Morgan fingerprint density at radius 3 is 2.50 bits per heavy atom. The van der Waals surface area contributed by atoms with Crippen molar-refractivity contribution < 1.29 is 5.11 Å². The zero-order chi connectivity index (χ0) is 18.1. The van der Waals surface area contributed by atoms with Gasteiger partial charge in [0.25, 0.3) is 0 Å². The van der Waals surface area contributed by atoms with Crippen LogP contribution in [0.1, 0.15) is 5.56 Å². The molecule has 1 N–H and O–H groups in total. The molecule has 4 rings (SSSR count). The quantitative estimate of drug-likeness (QED) is 0.309. The van der Waals surface area contributed by atoms with E-state index in [2.05, 4.69) is 22.9 Å². The molecule has 0 unspecified atom stereocenters. The number of benzene rings is 3. The van der Waals surface area contributed by atoms with Gasteiger partial charge in [0.1, 0.15) is 16.4 Å². The number of thiazole rings is 1. The number of hydrogen-bond donors (Lipinski definition) is 2. The van der Waals surface area contributed by atoms with E-state index in [1.54, 1.807) is 29.5 Å². The maximum Gasteiger partial charge on any atom is 0.143 e. The summed E-state index contributed by atoms with van der Waals surface area (Å²) in [6.07, 6.45) is 0. The van der Waals surface area contributed by atoms with Gasteiger partial charge in [0.2, 0.25) is 0 Å². The summed E-state index contributed by atoms with van der Waals surface area (Å²) in [5.74, 6) is 0.111. The highest BCUT2D eigenvalue weighted by Crippen LogP contribution is 2.36. The van der Waals surface area contributed by atoms with Crippen LogP contribution in [0.2, 0.25) is 0 Å². The average Bonchev–Trinajstić information content (AvgIpc) is 3.10. The number of aromatic hydroxyl groups is 1. The lowest BCUT2D eigenvalue weighted by Gasteiger charge is -1.98. The number of para-hydroxylation sites is 1. The number of nitrogens with zero attached hydrogens (tertiary/aromatic N) is 3. The highest BCUT2D eigenvalue weighted by atomic mass is 32.1. The lowest BCUT2D eigenvalue weighted by atomic mass is 10.2. The van der Waals surface area contributed by atoms with Gasteiger partial charge in [-0.3, -0.25) is 0 Å². The lowest BCUT2D eigenvalue weighted by molar-refractivity contribution is 0.476. The minimum Gasteiger partial charge on any atom is -0.506 e. The maximum atomic E-state index is 9.73. The number of rotatable bonds is 3. The van der Waals surface area contributed by atoms with Crippen LogP contribution < -0.4 is 0 Å². The first-order valence-corrected chi connectivity index (χ1v) is 9.27. The van der Waals surface area contributed by atoms with Crippen LogP contribution in [0, 0.1) is 6.92 Å². The van der Waals surface area contributed by atoms with E-state index in [4.69, 9.17) is 4.98 Å². The molecule has 3 aromatic carbocycles. The van der Waals surface area contributed by atoms with Crippen LogP contribution in [0.25, 0.3) is 20.8 Å². The lowest BCUT2D eigenvalue weighted by Crippen LogP contribution is -1.76. The van der Waals surface area contributed by atoms with Gasteiger partial charge in [0.15, 0.2) is 0 Å². The van der Waals surface area contributed by atoms with E-state index in [9.17, 15) is 5.11 Å². The summed E-state index contributed by atoms with van der Waals surface area (Å²) in [6.45, 7) is 2.05. The maximum absolute atomic E-state index is 9.73. The first kappa shape index (κ1) is 16.8. The molecule has 0 fully saturated rings. The monoisotopic (exact) mass is 377 g/mol. The van der Waals surface area contributed by atoms with Gasteiger partial charge < -0.3 is 5.11 Å². The number of fused-ring (bicyclic) bond motifs is 1. The molecule has 0 amide bonds. The van der Waals surface area contributed by atoms with Crippen molar-refractivity contribution in [1.82, 2.24) is 4.98 Å². The molecule has 4 nitrogen and oxygen atoms in total. The normalized spacial score (nSPS) is 11.5. The molecule has 0 saturated carbocycles. The summed E-state index contributed by atoms with van der Waals surface area (Å²) < 4.78 is 1.10. The summed E-state index contributed by atoms with van der Waals surface area (Å²) >= 11 is 6.23. The van der Waals surface area contributed by atoms with Crippen molar-refractivity contribution in [1.29, 1.82) is 0 Å². The van der Waals surface area contributed by atoms with Gasteiger partial charge in [-0.05, 0) is 55.0 Å². The van der Waals surface area contributed by atoms with E-state index >= 15 is 0 Å².